The largest absolute Gasteiger partial charge is 0.367 e. The summed E-state index contributed by atoms with van der Waals surface area (Å²) < 4.78 is 13.6. The summed E-state index contributed by atoms with van der Waals surface area (Å²) >= 11 is 0. The van der Waals surface area contributed by atoms with Gasteiger partial charge in [-0.1, -0.05) is 43.9 Å². The van der Waals surface area contributed by atoms with E-state index in [-0.39, 0.29) is 11.7 Å². The average Bonchev–Trinajstić information content (AvgIpc) is 2.92. The lowest BCUT2D eigenvalue weighted by molar-refractivity contribution is 0.0954. The normalized spacial score (nSPS) is 15.3. The van der Waals surface area contributed by atoms with Gasteiger partial charge in [0.1, 0.15) is 11.6 Å². The zero-order chi connectivity index (χ0) is 18.2. The number of carbonyl (C=O) groups excluding carboxylic acids is 1. The summed E-state index contributed by atoms with van der Waals surface area (Å²) in [6, 6.07) is 10.6. The number of aromatic nitrogens is 1. The van der Waals surface area contributed by atoms with E-state index in [1.165, 1.54) is 31.7 Å². The van der Waals surface area contributed by atoms with E-state index in [1.54, 1.807) is 36.5 Å². The molecule has 1 heterocycles. The molecule has 2 N–H and O–H groups in total. The molecule has 26 heavy (non-hydrogen) atoms. The second-order valence-electron chi connectivity index (χ2n) is 6.86. The quantitative estimate of drug-likeness (QED) is 0.759. The van der Waals surface area contributed by atoms with Crippen molar-refractivity contribution in [2.75, 3.05) is 11.9 Å². The number of nitrogens with zero attached hydrogens (tertiary/aromatic N) is 1. The Morgan fingerprint density at radius 3 is 2.65 bits per heavy atom. The standard InChI is InChI=1S/C21H26FN3O/c22-19-10-6-5-7-16(19)11-14-24-21(26)17-12-13-23-20(15-17)25-18-8-3-1-2-4-9-18/h5-7,10,12-13,15,18H,1-4,8-9,11,14H2,(H,23,25)(H,24,26). The van der Waals surface area contributed by atoms with E-state index in [2.05, 4.69) is 15.6 Å². The van der Waals surface area contributed by atoms with Gasteiger partial charge in [-0.25, -0.2) is 9.37 Å². The summed E-state index contributed by atoms with van der Waals surface area (Å²) in [6.45, 7) is 0.396. The van der Waals surface area contributed by atoms with Gasteiger partial charge >= 0.3 is 0 Å². The lowest BCUT2D eigenvalue weighted by Crippen LogP contribution is -2.26. The summed E-state index contributed by atoms with van der Waals surface area (Å²) in [5.74, 6) is 0.354. The number of pyridine rings is 1. The first kappa shape index (κ1) is 18.4. The average molecular weight is 355 g/mol. The molecular formula is C21H26FN3O. The van der Waals surface area contributed by atoms with Gasteiger partial charge in [-0.15, -0.1) is 0 Å². The number of benzene rings is 1. The third-order valence-corrected chi connectivity index (χ3v) is 4.87. The van der Waals surface area contributed by atoms with E-state index in [9.17, 15) is 9.18 Å². The number of amides is 1. The highest BCUT2D eigenvalue weighted by molar-refractivity contribution is 5.94. The van der Waals surface area contributed by atoms with Crippen LogP contribution in [0, 0.1) is 5.82 Å². The molecule has 0 saturated heterocycles. The number of nitrogens with one attached hydrogen (secondary N) is 2. The van der Waals surface area contributed by atoms with Crippen LogP contribution in [0.4, 0.5) is 10.2 Å². The molecular weight excluding hydrogens is 329 g/mol. The molecule has 0 aliphatic heterocycles. The molecule has 0 atom stereocenters. The molecule has 3 rings (SSSR count). The number of carbonyl (C=O) groups is 1. The highest BCUT2D eigenvalue weighted by Gasteiger charge is 2.13. The zero-order valence-electron chi connectivity index (χ0n) is 15.0. The Bertz CT molecular complexity index is 727. The molecule has 0 bridgehead atoms. The SMILES string of the molecule is O=C(NCCc1ccccc1F)c1ccnc(NC2CCCCCC2)c1. The first-order valence-electron chi connectivity index (χ1n) is 9.46. The minimum Gasteiger partial charge on any atom is -0.367 e. The van der Waals surface area contributed by atoms with Gasteiger partial charge in [-0.05, 0) is 43.0 Å². The number of anilines is 1. The monoisotopic (exact) mass is 355 g/mol. The van der Waals surface area contributed by atoms with Crippen LogP contribution in [0.2, 0.25) is 0 Å². The van der Waals surface area contributed by atoms with Gasteiger partial charge in [0, 0.05) is 24.3 Å². The second-order valence-corrected chi connectivity index (χ2v) is 6.86. The predicted molar refractivity (Wildman–Crippen MR) is 102 cm³/mol. The van der Waals surface area contributed by atoms with Crippen molar-refractivity contribution in [2.24, 2.45) is 0 Å². The van der Waals surface area contributed by atoms with Crippen LogP contribution >= 0.6 is 0 Å². The smallest absolute Gasteiger partial charge is 0.251 e. The van der Waals surface area contributed by atoms with Crippen molar-refractivity contribution in [3.8, 4) is 0 Å². The summed E-state index contributed by atoms with van der Waals surface area (Å²) in [5, 5.41) is 6.32. The summed E-state index contributed by atoms with van der Waals surface area (Å²) in [6.07, 6.45) is 9.52. The van der Waals surface area contributed by atoms with Crippen LogP contribution < -0.4 is 10.6 Å². The topological polar surface area (TPSA) is 54.0 Å². The van der Waals surface area contributed by atoms with E-state index in [1.807, 2.05) is 0 Å². The van der Waals surface area contributed by atoms with E-state index in [0.29, 0.717) is 30.1 Å². The highest BCUT2D eigenvalue weighted by atomic mass is 19.1. The summed E-state index contributed by atoms with van der Waals surface area (Å²) in [5.41, 5.74) is 1.18. The van der Waals surface area contributed by atoms with Gasteiger partial charge in [-0.2, -0.15) is 0 Å². The third-order valence-electron chi connectivity index (χ3n) is 4.87. The molecule has 1 amide bonds. The van der Waals surface area contributed by atoms with Gasteiger partial charge in [0.15, 0.2) is 0 Å². The Balaban J connectivity index is 1.53. The molecule has 0 radical (unpaired) electrons. The first-order valence-corrected chi connectivity index (χ1v) is 9.46. The van der Waals surface area contributed by atoms with E-state index < -0.39 is 0 Å². The lowest BCUT2D eigenvalue weighted by atomic mass is 10.1. The molecule has 5 heteroatoms. The molecule has 2 aromatic rings. The maximum Gasteiger partial charge on any atom is 0.251 e. The van der Waals surface area contributed by atoms with Gasteiger partial charge in [0.05, 0.1) is 0 Å². The predicted octanol–water partition coefficient (Wildman–Crippen LogP) is 4.33. The minimum atomic E-state index is -0.236. The zero-order valence-corrected chi connectivity index (χ0v) is 15.0. The van der Waals surface area contributed by atoms with Gasteiger partial charge in [0.2, 0.25) is 0 Å². The maximum absolute atomic E-state index is 13.6. The van der Waals surface area contributed by atoms with Crippen molar-refractivity contribution in [1.82, 2.24) is 10.3 Å². The van der Waals surface area contributed by atoms with Crippen LogP contribution in [0.5, 0.6) is 0 Å². The summed E-state index contributed by atoms with van der Waals surface area (Å²) in [4.78, 5) is 16.7. The number of halogens is 1. The van der Waals surface area contributed by atoms with Crippen LogP contribution in [-0.2, 0) is 6.42 Å². The van der Waals surface area contributed by atoms with Gasteiger partial charge in [0.25, 0.3) is 5.91 Å². The Kier molecular flexibility index (Phi) is 6.58. The molecule has 0 spiro atoms. The fourth-order valence-corrected chi connectivity index (χ4v) is 3.40. The Labute approximate surface area is 154 Å². The van der Waals surface area contributed by atoms with Crippen LogP contribution in [-0.4, -0.2) is 23.5 Å². The molecule has 1 fully saturated rings. The Morgan fingerprint density at radius 1 is 1.12 bits per heavy atom. The molecule has 1 aromatic carbocycles. The summed E-state index contributed by atoms with van der Waals surface area (Å²) in [7, 11) is 0. The molecule has 1 saturated carbocycles. The van der Waals surface area contributed by atoms with Crippen LogP contribution in [0.3, 0.4) is 0 Å². The van der Waals surface area contributed by atoms with Crippen molar-refractivity contribution in [3.63, 3.8) is 0 Å². The molecule has 0 unspecified atom stereocenters. The van der Waals surface area contributed by atoms with E-state index in [4.69, 9.17) is 0 Å². The molecule has 4 nitrogen and oxygen atoms in total. The molecule has 1 aliphatic carbocycles. The maximum atomic E-state index is 13.6. The van der Waals surface area contributed by atoms with Crippen LogP contribution in [0.1, 0.15) is 54.4 Å². The van der Waals surface area contributed by atoms with Crippen molar-refractivity contribution in [1.29, 1.82) is 0 Å². The first-order chi connectivity index (χ1) is 12.7. The Hall–Kier alpha value is -2.43. The lowest BCUT2D eigenvalue weighted by Gasteiger charge is -2.17. The molecule has 138 valence electrons. The number of hydrogen-bond acceptors (Lipinski definition) is 3. The minimum absolute atomic E-state index is 0.160. The number of hydrogen-bond donors (Lipinski definition) is 2. The van der Waals surface area contributed by atoms with Gasteiger partial charge in [-0.3, -0.25) is 4.79 Å². The van der Waals surface area contributed by atoms with Crippen molar-refractivity contribution in [2.45, 2.75) is 51.0 Å². The van der Waals surface area contributed by atoms with E-state index >= 15 is 0 Å². The third kappa shape index (κ3) is 5.28. The molecule has 1 aliphatic rings. The van der Waals surface area contributed by atoms with Crippen LogP contribution in [0.25, 0.3) is 0 Å². The molecule has 1 aromatic heterocycles. The van der Waals surface area contributed by atoms with Crippen LogP contribution in [0.15, 0.2) is 42.6 Å². The van der Waals surface area contributed by atoms with E-state index in [0.717, 1.165) is 18.7 Å². The second kappa shape index (κ2) is 9.32. The Morgan fingerprint density at radius 2 is 1.88 bits per heavy atom. The van der Waals surface area contributed by atoms with Crippen molar-refractivity contribution in [3.05, 3.63) is 59.5 Å². The fraction of sp³-hybridized carbons (Fsp3) is 0.429. The van der Waals surface area contributed by atoms with Crippen molar-refractivity contribution >= 4 is 11.7 Å². The number of rotatable bonds is 6. The fourth-order valence-electron chi connectivity index (χ4n) is 3.40. The highest BCUT2D eigenvalue weighted by Crippen LogP contribution is 2.20. The van der Waals surface area contributed by atoms with Crippen molar-refractivity contribution < 1.29 is 9.18 Å². The van der Waals surface area contributed by atoms with Gasteiger partial charge < -0.3 is 10.6 Å².